The summed E-state index contributed by atoms with van der Waals surface area (Å²) >= 11 is 0. The second-order valence-corrected chi connectivity index (χ2v) is 13.3. The Labute approximate surface area is 358 Å². The van der Waals surface area contributed by atoms with Gasteiger partial charge in [-0.25, -0.2) is 9.36 Å². The van der Waals surface area contributed by atoms with E-state index in [0.717, 1.165) is 49.9 Å². The molecule has 2 rings (SSSR count). The van der Waals surface area contributed by atoms with E-state index in [0.29, 0.717) is 145 Å². The van der Waals surface area contributed by atoms with E-state index in [-0.39, 0.29) is 13.2 Å². The minimum absolute atomic E-state index is 0.0357. The number of ether oxygens (including phenoxy) is 10. The van der Waals surface area contributed by atoms with E-state index >= 15 is 0 Å². The average Bonchev–Trinajstić information content (AvgIpc) is 3.92. The lowest BCUT2D eigenvalue weighted by Crippen LogP contribution is -2.14. The zero-order chi connectivity index (χ0) is 43.1. The summed E-state index contributed by atoms with van der Waals surface area (Å²) < 4.78 is 57.3. The fraction of sp³-hybridized carbons (Fsp3) is 0.810. The van der Waals surface area contributed by atoms with Crippen molar-refractivity contribution < 1.29 is 57.6 Å². The van der Waals surface area contributed by atoms with Crippen molar-refractivity contribution in [3.05, 3.63) is 49.1 Å². The van der Waals surface area contributed by atoms with Gasteiger partial charge in [-0.2, -0.15) is 0 Å². The van der Waals surface area contributed by atoms with Crippen LogP contribution in [0, 0.1) is 0 Å². The van der Waals surface area contributed by atoms with Crippen molar-refractivity contribution in [2.75, 3.05) is 145 Å². The molecule has 2 N–H and O–H groups in total. The summed E-state index contributed by atoms with van der Waals surface area (Å²) in [6, 6.07) is 0. The molecule has 0 bridgehead atoms. The number of aryl methyl sites for hydroxylation is 2. The smallest absolute Gasteiger partial charge is 0.0827 e. The zero-order valence-corrected chi connectivity index (χ0v) is 36.4. The van der Waals surface area contributed by atoms with Crippen LogP contribution in [0.4, 0.5) is 0 Å². The van der Waals surface area contributed by atoms with Gasteiger partial charge in [0.05, 0.1) is 170 Å². The monoisotopic (exact) mass is 859 g/mol. The van der Waals surface area contributed by atoms with E-state index < -0.39 is 0 Å². The number of allylic oxidation sites excluding steroid dienone is 2. The maximum atomic E-state index is 8.55. The lowest BCUT2D eigenvalue weighted by molar-refractivity contribution is -0.0137. The Bertz CT molecular complexity index is 1090. The third-order valence-corrected chi connectivity index (χ3v) is 8.23. The number of aliphatic hydroxyl groups is 2. The second-order valence-electron chi connectivity index (χ2n) is 13.3. The van der Waals surface area contributed by atoms with E-state index in [1.807, 2.05) is 33.9 Å². The third-order valence-electron chi connectivity index (χ3n) is 8.23. The number of aliphatic hydroxyl groups excluding tert-OH is 2. The van der Waals surface area contributed by atoms with Crippen LogP contribution in [0.2, 0.25) is 0 Å². The highest BCUT2D eigenvalue weighted by Crippen LogP contribution is 2.07. The predicted molar refractivity (Wildman–Crippen MR) is 227 cm³/mol. The molecule has 0 aromatic carbocycles. The molecule has 0 unspecified atom stereocenters. The van der Waals surface area contributed by atoms with Gasteiger partial charge in [-0.05, 0) is 51.4 Å². The molecule has 2 aromatic heterocycles. The summed E-state index contributed by atoms with van der Waals surface area (Å²) in [6.07, 6.45) is 19.1. The molecule has 0 atom stereocenters. The fourth-order valence-corrected chi connectivity index (χ4v) is 5.08. The minimum atomic E-state index is 0.0357. The minimum Gasteiger partial charge on any atom is -0.394 e. The number of unbranched alkanes of at least 4 members (excludes halogenated alkanes) is 6. The summed E-state index contributed by atoms with van der Waals surface area (Å²) in [6.45, 7) is 19.1. The molecule has 18 nitrogen and oxygen atoms in total. The van der Waals surface area contributed by atoms with Crippen molar-refractivity contribution in [3.8, 4) is 0 Å². The van der Waals surface area contributed by atoms with Gasteiger partial charge in [0.2, 0.25) is 0 Å². The van der Waals surface area contributed by atoms with Crippen LogP contribution >= 0.6 is 0 Å². The lowest BCUT2D eigenvalue weighted by atomic mass is 10.1. The molecule has 2 aromatic rings. The first-order valence-corrected chi connectivity index (χ1v) is 21.7. The third kappa shape index (κ3) is 38.2. The summed E-state index contributed by atoms with van der Waals surface area (Å²) in [7, 11) is 0. The zero-order valence-electron chi connectivity index (χ0n) is 36.4. The molecular weight excluding hydrogens is 780 g/mol. The van der Waals surface area contributed by atoms with Gasteiger partial charge in [-0.3, -0.25) is 0 Å². The number of hydrogen-bond acceptors (Lipinski definition) is 16. The van der Waals surface area contributed by atoms with Crippen molar-refractivity contribution in [1.82, 2.24) is 30.0 Å². The van der Waals surface area contributed by atoms with Crippen LogP contribution in [-0.4, -0.2) is 186 Å². The number of hydrogen-bond donors (Lipinski definition) is 2. The summed E-state index contributed by atoms with van der Waals surface area (Å²) in [5.74, 6) is 0. The maximum Gasteiger partial charge on any atom is 0.0827 e. The predicted octanol–water partition coefficient (Wildman–Crippen LogP) is 3.28. The van der Waals surface area contributed by atoms with Crippen LogP contribution in [0.5, 0.6) is 0 Å². The first-order valence-electron chi connectivity index (χ1n) is 21.7. The van der Waals surface area contributed by atoms with Crippen molar-refractivity contribution in [2.24, 2.45) is 0 Å². The molecular formula is C42H78N6O12. The van der Waals surface area contributed by atoms with Crippen LogP contribution in [0.15, 0.2) is 37.7 Å². The van der Waals surface area contributed by atoms with E-state index in [1.54, 1.807) is 0 Å². The fourth-order valence-electron chi connectivity index (χ4n) is 5.08. The standard InChI is InChI=1S/2C21H39N3O6/c2*1-2-3-4-5-6-7-21-20-24(23-22-21)8-10-26-12-14-28-16-18-30-19-17-29-15-13-27-11-9-25/h2*2,20,25H,1,3-19H2. The van der Waals surface area contributed by atoms with Gasteiger partial charge in [0.25, 0.3) is 0 Å². The molecule has 0 amide bonds. The van der Waals surface area contributed by atoms with Gasteiger partial charge in [-0.1, -0.05) is 35.4 Å². The summed E-state index contributed by atoms with van der Waals surface area (Å²) in [4.78, 5) is 0. The van der Waals surface area contributed by atoms with Crippen LogP contribution in [0.1, 0.15) is 62.8 Å². The Balaban J connectivity index is 0.000000600. The number of nitrogens with zero attached hydrogens (tertiary/aromatic N) is 6. The maximum absolute atomic E-state index is 8.55. The quantitative estimate of drug-likeness (QED) is 0.0727. The van der Waals surface area contributed by atoms with Crippen molar-refractivity contribution >= 4 is 0 Å². The molecule has 18 heteroatoms. The van der Waals surface area contributed by atoms with E-state index in [2.05, 4.69) is 33.8 Å². The van der Waals surface area contributed by atoms with Crippen molar-refractivity contribution in [2.45, 2.75) is 77.3 Å². The molecule has 0 radical (unpaired) electrons. The molecule has 60 heavy (non-hydrogen) atoms. The van der Waals surface area contributed by atoms with Crippen molar-refractivity contribution in [3.63, 3.8) is 0 Å². The lowest BCUT2D eigenvalue weighted by Gasteiger charge is -2.07. The van der Waals surface area contributed by atoms with Crippen LogP contribution in [0.25, 0.3) is 0 Å². The molecule has 0 aliphatic carbocycles. The number of aromatic nitrogens is 6. The van der Waals surface area contributed by atoms with Gasteiger partial charge >= 0.3 is 0 Å². The molecule has 0 fully saturated rings. The molecule has 0 aliphatic heterocycles. The Morgan fingerprint density at radius 1 is 0.400 bits per heavy atom. The van der Waals surface area contributed by atoms with Gasteiger partial charge in [-0.15, -0.1) is 23.4 Å². The summed E-state index contributed by atoms with van der Waals surface area (Å²) in [5, 5.41) is 33.8. The highest BCUT2D eigenvalue weighted by molar-refractivity contribution is 4.93. The first-order chi connectivity index (χ1) is 29.7. The molecule has 2 heterocycles. The molecule has 0 saturated heterocycles. The topological polar surface area (TPSA) is 194 Å². The van der Waals surface area contributed by atoms with Gasteiger partial charge in [0.15, 0.2) is 0 Å². The van der Waals surface area contributed by atoms with Crippen molar-refractivity contribution in [1.29, 1.82) is 0 Å². The number of rotatable bonds is 46. The Morgan fingerprint density at radius 3 is 0.967 bits per heavy atom. The Kier molecular flexibility index (Phi) is 42.2. The largest absolute Gasteiger partial charge is 0.394 e. The highest BCUT2D eigenvalue weighted by atomic mass is 16.6. The molecule has 0 spiro atoms. The molecule has 0 saturated carbocycles. The first kappa shape index (κ1) is 55.3. The molecule has 348 valence electrons. The summed E-state index contributed by atoms with van der Waals surface area (Å²) in [5.41, 5.74) is 2.08. The van der Waals surface area contributed by atoms with Gasteiger partial charge in [0.1, 0.15) is 0 Å². The van der Waals surface area contributed by atoms with E-state index in [4.69, 9.17) is 57.6 Å². The van der Waals surface area contributed by atoms with Gasteiger partial charge in [0, 0.05) is 12.4 Å². The van der Waals surface area contributed by atoms with Crippen LogP contribution < -0.4 is 0 Å². The van der Waals surface area contributed by atoms with Crippen LogP contribution in [0.3, 0.4) is 0 Å². The van der Waals surface area contributed by atoms with E-state index in [9.17, 15) is 0 Å². The van der Waals surface area contributed by atoms with E-state index in [1.165, 1.54) is 25.7 Å². The normalized spacial score (nSPS) is 11.2. The van der Waals surface area contributed by atoms with Gasteiger partial charge < -0.3 is 57.6 Å². The average molecular weight is 859 g/mol. The highest BCUT2D eigenvalue weighted by Gasteiger charge is 2.03. The second kappa shape index (κ2) is 45.8. The Hall–Kier alpha value is -2.72. The molecule has 0 aliphatic rings. The Morgan fingerprint density at radius 2 is 0.683 bits per heavy atom. The van der Waals surface area contributed by atoms with Crippen LogP contribution in [-0.2, 0) is 73.3 Å². The SMILES string of the molecule is C=CCCCCCc1cn(CCOCCOCCOCCOCCOCCO)nn1.C=CCCCCCc1cn(CCOCCOCCOCCOCCOCCO)nn1.